The zero-order valence-electron chi connectivity index (χ0n) is 11.0. The fraction of sp³-hybridized carbons (Fsp3) is 0.538. The van der Waals surface area contributed by atoms with Crippen LogP contribution in [0.15, 0.2) is 12.1 Å². The van der Waals surface area contributed by atoms with Crippen LogP contribution in [-0.2, 0) is 0 Å². The van der Waals surface area contributed by atoms with Crippen LogP contribution >= 0.6 is 11.6 Å². The van der Waals surface area contributed by atoms with Gasteiger partial charge in [-0.05, 0) is 30.9 Å². The molecule has 5 heteroatoms. The first-order valence-electron chi connectivity index (χ1n) is 6.14. The summed E-state index contributed by atoms with van der Waals surface area (Å²) in [5.74, 6) is 0.573. The Hall–Kier alpha value is -1.29. The monoisotopic (exact) mass is 270 g/mol. The van der Waals surface area contributed by atoms with E-state index in [0.29, 0.717) is 5.92 Å². The van der Waals surface area contributed by atoms with E-state index in [2.05, 4.69) is 19.2 Å². The molecule has 1 rings (SSSR count). The van der Waals surface area contributed by atoms with Crippen LogP contribution < -0.4 is 5.32 Å². The molecule has 1 atom stereocenters. The molecule has 0 spiro atoms. The first-order valence-corrected chi connectivity index (χ1v) is 6.51. The average molecular weight is 271 g/mol. The highest BCUT2D eigenvalue weighted by Gasteiger charge is 2.15. The second-order valence-corrected chi connectivity index (χ2v) is 5.06. The van der Waals surface area contributed by atoms with Crippen molar-refractivity contribution in [2.75, 3.05) is 11.9 Å². The van der Waals surface area contributed by atoms with Crippen molar-refractivity contribution in [2.45, 2.75) is 33.6 Å². The van der Waals surface area contributed by atoms with E-state index in [9.17, 15) is 10.1 Å². The number of hydrogen-bond donors (Lipinski definition) is 1. The summed E-state index contributed by atoms with van der Waals surface area (Å²) in [4.78, 5) is 10.3. The SMILES string of the molecule is CCCC(C)CNc1cc(Cl)c([N+](=O)[O-])cc1C. The Bertz CT molecular complexity index is 435. The molecule has 1 unspecified atom stereocenters. The zero-order chi connectivity index (χ0) is 13.7. The number of rotatable bonds is 6. The van der Waals surface area contributed by atoms with Crippen molar-refractivity contribution in [3.05, 3.63) is 32.8 Å². The molecule has 1 N–H and O–H groups in total. The third-order valence-corrected chi connectivity index (χ3v) is 3.22. The van der Waals surface area contributed by atoms with Crippen LogP contribution in [-0.4, -0.2) is 11.5 Å². The molecule has 0 aliphatic heterocycles. The lowest BCUT2D eigenvalue weighted by Crippen LogP contribution is -2.11. The van der Waals surface area contributed by atoms with E-state index in [-0.39, 0.29) is 10.7 Å². The topological polar surface area (TPSA) is 55.2 Å². The van der Waals surface area contributed by atoms with E-state index in [1.807, 2.05) is 6.92 Å². The molecule has 0 aliphatic carbocycles. The summed E-state index contributed by atoms with van der Waals surface area (Å²) in [5, 5.41) is 14.2. The number of aryl methyl sites for hydroxylation is 1. The van der Waals surface area contributed by atoms with E-state index in [1.54, 1.807) is 6.07 Å². The maximum atomic E-state index is 10.7. The van der Waals surface area contributed by atoms with Gasteiger partial charge in [0.25, 0.3) is 5.69 Å². The van der Waals surface area contributed by atoms with Gasteiger partial charge in [-0.1, -0.05) is 31.9 Å². The van der Waals surface area contributed by atoms with Gasteiger partial charge in [0.15, 0.2) is 0 Å². The third-order valence-electron chi connectivity index (χ3n) is 2.91. The van der Waals surface area contributed by atoms with Crippen molar-refractivity contribution in [2.24, 2.45) is 5.92 Å². The molecule has 18 heavy (non-hydrogen) atoms. The van der Waals surface area contributed by atoms with Crippen LogP contribution in [0.2, 0.25) is 5.02 Å². The van der Waals surface area contributed by atoms with Gasteiger partial charge in [0, 0.05) is 18.3 Å². The summed E-state index contributed by atoms with van der Waals surface area (Å²) in [7, 11) is 0. The van der Waals surface area contributed by atoms with Crippen LogP contribution in [0.25, 0.3) is 0 Å². The van der Waals surface area contributed by atoms with Gasteiger partial charge in [0.05, 0.1) is 4.92 Å². The smallest absolute Gasteiger partial charge is 0.288 e. The molecule has 4 nitrogen and oxygen atoms in total. The van der Waals surface area contributed by atoms with Crippen molar-refractivity contribution in [3.8, 4) is 0 Å². The standard InChI is InChI=1S/C13H19ClN2O2/c1-4-5-9(2)8-15-12-7-11(14)13(16(17)18)6-10(12)3/h6-7,9,15H,4-5,8H2,1-3H3. The molecule has 0 saturated heterocycles. The van der Waals surface area contributed by atoms with Crippen LogP contribution in [0.3, 0.4) is 0 Å². The summed E-state index contributed by atoms with van der Waals surface area (Å²) >= 11 is 5.89. The van der Waals surface area contributed by atoms with E-state index in [1.165, 1.54) is 6.07 Å². The molecule has 0 aliphatic rings. The minimum atomic E-state index is -0.460. The lowest BCUT2D eigenvalue weighted by atomic mass is 10.1. The van der Waals surface area contributed by atoms with Gasteiger partial charge in [-0.3, -0.25) is 10.1 Å². The maximum Gasteiger partial charge on any atom is 0.288 e. The maximum absolute atomic E-state index is 10.7. The molecule has 0 saturated carbocycles. The highest BCUT2D eigenvalue weighted by atomic mass is 35.5. The quantitative estimate of drug-likeness (QED) is 0.615. The molecular weight excluding hydrogens is 252 g/mol. The van der Waals surface area contributed by atoms with E-state index < -0.39 is 4.92 Å². The van der Waals surface area contributed by atoms with Gasteiger partial charge in [-0.2, -0.15) is 0 Å². The number of halogens is 1. The number of benzene rings is 1. The van der Waals surface area contributed by atoms with Gasteiger partial charge in [0.1, 0.15) is 5.02 Å². The third kappa shape index (κ3) is 3.88. The molecule has 0 fully saturated rings. The highest BCUT2D eigenvalue weighted by molar-refractivity contribution is 6.33. The zero-order valence-corrected chi connectivity index (χ0v) is 11.8. The number of hydrogen-bond acceptors (Lipinski definition) is 3. The lowest BCUT2D eigenvalue weighted by molar-refractivity contribution is -0.384. The Morgan fingerprint density at radius 1 is 1.50 bits per heavy atom. The van der Waals surface area contributed by atoms with E-state index in [0.717, 1.165) is 30.6 Å². The molecule has 0 radical (unpaired) electrons. The Morgan fingerprint density at radius 3 is 2.72 bits per heavy atom. The molecule has 0 bridgehead atoms. The van der Waals surface area contributed by atoms with Gasteiger partial charge in [-0.15, -0.1) is 0 Å². The summed E-state index contributed by atoms with van der Waals surface area (Å²) in [6, 6.07) is 3.14. The van der Waals surface area contributed by atoms with Crippen LogP contribution in [0.4, 0.5) is 11.4 Å². The Balaban J connectivity index is 2.79. The van der Waals surface area contributed by atoms with Gasteiger partial charge >= 0.3 is 0 Å². The minimum absolute atomic E-state index is 0.0404. The molecule has 0 aromatic heterocycles. The summed E-state index contributed by atoms with van der Waals surface area (Å²) < 4.78 is 0. The second-order valence-electron chi connectivity index (χ2n) is 4.65. The molecule has 100 valence electrons. The van der Waals surface area contributed by atoms with Crippen LogP contribution in [0.5, 0.6) is 0 Å². The Labute approximate surface area is 112 Å². The van der Waals surface area contributed by atoms with Crippen molar-refractivity contribution in [1.82, 2.24) is 0 Å². The largest absolute Gasteiger partial charge is 0.385 e. The van der Waals surface area contributed by atoms with Crippen molar-refractivity contribution in [1.29, 1.82) is 0 Å². The van der Waals surface area contributed by atoms with Crippen molar-refractivity contribution < 1.29 is 4.92 Å². The summed E-state index contributed by atoms with van der Waals surface area (Å²) in [5.41, 5.74) is 1.67. The van der Waals surface area contributed by atoms with Gasteiger partial charge < -0.3 is 5.32 Å². The fourth-order valence-corrected chi connectivity index (χ4v) is 2.11. The summed E-state index contributed by atoms with van der Waals surface area (Å²) in [6.45, 7) is 7.03. The van der Waals surface area contributed by atoms with Crippen LogP contribution in [0, 0.1) is 23.0 Å². The fourth-order valence-electron chi connectivity index (χ4n) is 1.88. The molecule has 1 aromatic carbocycles. The first-order chi connectivity index (χ1) is 8.45. The van der Waals surface area contributed by atoms with Crippen LogP contribution in [0.1, 0.15) is 32.3 Å². The predicted octanol–water partition coefficient (Wildman–Crippen LogP) is 4.40. The number of nitrogens with one attached hydrogen (secondary N) is 1. The molecule has 0 heterocycles. The first kappa shape index (κ1) is 14.8. The van der Waals surface area contributed by atoms with Crippen molar-refractivity contribution >= 4 is 23.0 Å². The predicted molar refractivity (Wildman–Crippen MR) is 75.4 cm³/mol. The van der Waals surface area contributed by atoms with E-state index in [4.69, 9.17) is 11.6 Å². The summed E-state index contributed by atoms with van der Waals surface area (Å²) in [6.07, 6.45) is 2.32. The number of nitro groups is 1. The number of anilines is 1. The molecule has 0 amide bonds. The minimum Gasteiger partial charge on any atom is -0.385 e. The highest BCUT2D eigenvalue weighted by Crippen LogP contribution is 2.30. The average Bonchev–Trinajstić information content (AvgIpc) is 2.29. The van der Waals surface area contributed by atoms with Gasteiger partial charge in [0.2, 0.25) is 0 Å². The molecule has 1 aromatic rings. The van der Waals surface area contributed by atoms with Gasteiger partial charge in [-0.25, -0.2) is 0 Å². The normalized spacial score (nSPS) is 12.2. The lowest BCUT2D eigenvalue weighted by Gasteiger charge is -2.14. The van der Waals surface area contributed by atoms with Crippen molar-refractivity contribution in [3.63, 3.8) is 0 Å². The number of nitro benzene ring substituents is 1. The molecular formula is C13H19ClN2O2. The van der Waals surface area contributed by atoms with E-state index >= 15 is 0 Å². The Kier molecular flexibility index (Phi) is 5.41. The second kappa shape index (κ2) is 6.59. The Morgan fingerprint density at radius 2 is 2.17 bits per heavy atom. The number of nitrogens with zero attached hydrogens (tertiary/aromatic N) is 1.